The van der Waals surface area contributed by atoms with E-state index in [0.717, 1.165) is 12.0 Å². The van der Waals surface area contributed by atoms with Crippen LogP contribution in [0.4, 0.5) is 0 Å². The topological polar surface area (TPSA) is 20.2 Å². The summed E-state index contributed by atoms with van der Waals surface area (Å²) in [6, 6.07) is 0. The summed E-state index contributed by atoms with van der Waals surface area (Å²) in [5, 5.41) is 9.05. The molecule has 1 heteroatoms. The summed E-state index contributed by atoms with van der Waals surface area (Å²) in [6.45, 7) is 4.01. The molecule has 0 bridgehead atoms. The number of hydrogen-bond acceptors (Lipinski definition) is 1. The highest BCUT2D eigenvalue weighted by atomic mass is 16.3. The van der Waals surface area contributed by atoms with Gasteiger partial charge in [0.05, 0.1) is 0 Å². The molecule has 0 saturated heterocycles. The second-order valence-electron chi connectivity index (χ2n) is 2.55. The molecule has 0 aromatic rings. The lowest BCUT2D eigenvalue weighted by molar-refractivity contribution is 0.327. The summed E-state index contributed by atoms with van der Waals surface area (Å²) < 4.78 is 0. The van der Waals surface area contributed by atoms with Crippen LogP contribution in [-0.2, 0) is 0 Å². The summed E-state index contributed by atoms with van der Waals surface area (Å²) in [4.78, 5) is 0. The SMILES string of the molecule is CC1=C[C](O)CC(C)=C1. The standard InChI is InChI=1S/C8H11O/c1-6-3-7(2)5-8(9)4-6/h3-4,9H,5H2,1-2H3. The lowest BCUT2D eigenvalue weighted by atomic mass is 10.00. The number of aliphatic hydroxyl groups excluding tert-OH is 1. The van der Waals surface area contributed by atoms with E-state index in [-0.39, 0.29) is 0 Å². The predicted octanol–water partition coefficient (Wildman–Crippen LogP) is 2.19. The molecule has 1 aliphatic carbocycles. The minimum Gasteiger partial charge on any atom is -0.382 e. The molecule has 0 spiro atoms. The van der Waals surface area contributed by atoms with Crippen molar-refractivity contribution in [1.82, 2.24) is 0 Å². The van der Waals surface area contributed by atoms with Crippen molar-refractivity contribution >= 4 is 0 Å². The van der Waals surface area contributed by atoms with E-state index in [2.05, 4.69) is 6.08 Å². The first-order valence-corrected chi connectivity index (χ1v) is 3.09. The molecule has 1 aliphatic rings. The first-order valence-electron chi connectivity index (χ1n) is 3.09. The van der Waals surface area contributed by atoms with Gasteiger partial charge in [0.2, 0.25) is 0 Å². The lowest BCUT2D eigenvalue weighted by Gasteiger charge is -2.11. The van der Waals surface area contributed by atoms with Crippen LogP contribution in [0.15, 0.2) is 23.3 Å². The average molecular weight is 123 g/mol. The fourth-order valence-electron chi connectivity index (χ4n) is 1.08. The van der Waals surface area contributed by atoms with E-state index < -0.39 is 0 Å². The number of rotatable bonds is 0. The van der Waals surface area contributed by atoms with Gasteiger partial charge in [-0.2, -0.15) is 0 Å². The molecule has 0 atom stereocenters. The normalized spacial score (nSPS) is 21.2. The Morgan fingerprint density at radius 1 is 1.33 bits per heavy atom. The van der Waals surface area contributed by atoms with Crippen molar-refractivity contribution < 1.29 is 5.11 Å². The molecule has 1 rings (SSSR count). The summed E-state index contributed by atoms with van der Waals surface area (Å²) in [5.74, 6) is 0. The molecule has 1 nitrogen and oxygen atoms in total. The molecule has 0 fully saturated rings. The summed E-state index contributed by atoms with van der Waals surface area (Å²) in [7, 11) is 0. The van der Waals surface area contributed by atoms with E-state index in [4.69, 9.17) is 5.11 Å². The Bertz CT molecular complexity index is 165. The van der Waals surface area contributed by atoms with Crippen LogP contribution in [0.25, 0.3) is 0 Å². The van der Waals surface area contributed by atoms with Crippen molar-refractivity contribution in [2.75, 3.05) is 0 Å². The van der Waals surface area contributed by atoms with Crippen LogP contribution in [0.5, 0.6) is 0 Å². The summed E-state index contributed by atoms with van der Waals surface area (Å²) in [6.07, 6.45) is 5.08. The minimum atomic E-state index is 0.479. The Balaban J connectivity index is 2.74. The van der Waals surface area contributed by atoms with Gasteiger partial charge in [0, 0.05) is 6.42 Å². The Morgan fingerprint density at radius 3 is 2.44 bits per heavy atom. The fraction of sp³-hybridized carbons (Fsp3) is 0.375. The molecule has 0 aromatic heterocycles. The molecule has 0 heterocycles. The molecule has 1 radical (unpaired) electrons. The summed E-state index contributed by atoms with van der Waals surface area (Å²) >= 11 is 0. The van der Waals surface area contributed by atoms with Crippen molar-refractivity contribution in [3.05, 3.63) is 29.4 Å². The van der Waals surface area contributed by atoms with Gasteiger partial charge in [0.1, 0.15) is 6.10 Å². The number of allylic oxidation sites excluding steroid dienone is 2. The molecule has 1 N–H and O–H groups in total. The molecular weight excluding hydrogens is 112 g/mol. The van der Waals surface area contributed by atoms with E-state index >= 15 is 0 Å². The molecule has 0 amide bonds. The third-order valence-corrected chi connectivity index (χ3v) is 1.33. The number of aliphatic hydroxyl groups is 1. The maximum Gasteiger partial charge on any atom is 0.119 e. The van der Waals surface area contributed by atoms with E-state index in [1.807, 2.05) is 13.8 Å². The minimum absolute atomic E-state index is 0.479. The van der Waals surface area contributed by atoms with Crippen LogP contribution in [0, 0.1) is 6.10 Å². The van der Waals surface area contributed by atoms with Crippen molar-refractivity contribution in [3.8, 4) is 0 Å². The van der Waals surface area contributed by atoms with Crippen molar-refractivity contribution in [3.63, 3.8) is 0 Å². The van der Waals surface area contributed by atoms with Gasteiger partial charge in [-0.05, 0) is 19.9 Å². The van der Waals surface area contributed by atoms with Crippen molar-refractivity contribution in [2.45, 2.75) is 20.3 Å². The first kappa shape index (κ1) is 6.56. The zero-order valence-corrected chi connectivity index (χ0v) is 5.81. The molecular formula is C8H11O. The van der Waals surface area contributed by atoms with E-state index in [0.29, 0.717) is 6.10 Å². The van der Waals surface area contributed by atoms with Gasteiger partial charge in [-0.25, -0.2) is 0 Å². The van der Waals surface area contributed by atoms with E-state index in [1.54, 1.807) is 6.08 Å². The second kappa shape index (κ2) is 2.36. The number of hydrogen-bond donors (Lipinski definition) is 1. The second-order valence-corrected chi connectivity index (χ2v) is 2.55. The van der Waals surface area contributed by atoms with Crippen LogP contribution in [-0.4, -0.2) is 5.11 Å². The van der Waals surface area contributed by atoms with Gasteiger partial charge in [0.25, 0.3) is 0 Å². The molecule has 9 heavy (non-hydrogen) atoms. The Hall–Kier alpha value is -0.560. The van der Waals surface area contributed by atoms with Crippen LogP contribution in [0.3, 0.4) is 0 Å². The Morgan fingerprint density at radius 2 is 2.00 bits per heavy atom. The van der Waals surface area contributed by atoms with Gasteiger partial charge < -0.3 is 5.11 Å². The average Bonchev–Trinajstić information content (AvgIpc) is 1.59. The first-order chi connectivity index (χ1) is 4.18. The summed E-state index contributed by atoms with van der Waals surface area (Å²) in [5.41, 5.74) is 2.36. The van der Waals surface area contributed by atoms with Gasteiger partial charge in [-0.3, -0.25) is 0 Å². The van der Waals surface area contributed by atoms with Gasteiger partial charge in [-0.1, -0.05) is 17.2 Å². The molecule has 0 unspecified atom stereocenters. The monoisotopic (exact) mass is 123 g/mol. The quantitative estimate of drug-likeness (QED) is 0.523. The van der Waals surface area contributed by atoms with E-state index in [9.17, 15) is 0 Å². The molecule has 0 saturated carbocycles. The maximum atomic E-state index is 9.05. The van der Waals surface area contributed by atoms with Gasteiger partial charge in [0.15, 0.2) is 0 Å². The van der Waals surface area contributed by atoms with Crippen LogP contribution < -0.4 is 0 Å². The zero-order valence-electron chi connectivity index (χ0n) is 5.81. The van der Waals surface area contributed by atoms with Gasteiger partial charge >= 0.3 is 0 Å². The van der Waals surface area contributed by atoms with Crippen LogP contribution in [0.2, 0.25) is 0 Å². The van der Waals surface area contributed by atoms with Crippen molar-refractivity contribution in [1.29, 1.82) is 0 Å². The smallest absolute Gasteiger partial charge is 0.119 e. The maximum absolute atomic E-state index is 9.05. The zero-order chi connectivity index (χ0) is 6.85. The lowest BCUT2D eigenvalue weighted by Crippen LogP contribution is -1.98. The molecule has 0 aliphatic heterocycles. The third-order valence-electron chi connectivity index (χ3n) is 1.33. The molecule has 49 valence electrons. The molecule has 0 aromatic carbocycles. The van der Waals surface area contributed by atoms with Gasteiger partial charge in [-0.15, -0.1) is 0 Å². The predicted molar refractivity (Wildman–Crippen MR) is 37.3 cm³/mol. The highest BCUT2D eigenvalue weighted by Crippen LogP contribution is 2.20. The highest BCUT2D eigenvalue weighted by molar-refractivity contribution is 5.31. The van der Waals surface area contributed by atoms with Crippen LogP contribution in [0.1, 0.15) is 20.3 Å². The van der Waals surface area contributed by atoms with Crippen molar-refractivity contribution in [2.24, 2.45) is 0 Å². The van der Waals surface area contributed by atoms with E-state index in [1.165, 1.54) is 5.57 Å². The van der Waals surface area contributed by atoms with Crippen LogP contribution >= 0.6 is 0 Å². The largest absolute Gasteiger partial charge is 0.382 e. The Labute approximate surface area is 55.7 Å². The third kappa shape index (κ3) is 1.68. The fourth-order valence-corrected chi connectivity index (χ4v) is 1.08. The highest BCUT2D eigenvalue weighted by Gasteiger charge is 2.07. The Kier molecular flexibility index (Phi) is 1.72.